The Morgan fingerprint density at radius 1 is 1.09 bits per heavy atom. The summed E-state index contributed by atoms with van der Waals surface area (Å²) in [4.78, 5) is 13.0. The standard InChI is InChI=1S/C26H43N5O.HI/c1-4-27-25(30-18-19-32-24(20-30)23-11-7-6-10-22(23)2)28-21-26(12-16-29(3)17-13-26)31-14-8-5-9-15-31;/h6-7,10-11,24H,4-5,8-9,12-21H2,1-3H3,(H,27,28);1H. The minimum absolute atomic E-state index is 0. The van der Waals surface area contributed by atoms with Crippen molar-refractivity contribution in [2.75, 3.05) is 66.0 Å². The van der Waals surface area contributed by atoms with Crippen LogP contribution in [0.15, 0.2) is 29.3 Å². The number of nitrogens with zero attached hydrogens (tertiary/aromatic N) is 4. The molecule has 1 aromatic rings. The highest BCUT2D eigenvalue weighted by Gasteiger charge is 2.40. The highest BCUT2D eigenvalue weighted by atomic mass is 127. The Balaban J connectivity index is 0.00000306. The van der Waals surface area contributed by atoms with E-state index < -0.39 is 0 Å². The SMILES string of the molecule is CCNC(=NCC1(N2CCCCC2)CCN(C)CC1)N1CCOC(c2ccccc2C)C1.I. The van der Waals surface area contributed by atoms with Crippen LogP contribution in [-0.4, -0.2) is 92.2 Å². The normalized spacial score (nSPS) is 24.9. The summed E-state index contributed by atoms with van der Waals surface area (Å²) >= 11 is 0. The van der Waals surface area contributed by atoms with Gasteiger partial charge in [-0.3, -0.25) is 9.89 Å². The van der Waals surface area contributed by atoms with Gasteiger partial charge in [-0.2, -0.15) is 0 Å². The first kappa shape index (κ1) is 26.7. The molecule has 3 aliphatic rings. The molecule has 1 aromatic carbocycles. The Bertz CT molecular complexity index is 759. The third-order valence-corrected chi connectivity index (χ3v) is 7.70. The van der Waals surface area contributed by atoms with Crippen molar-refractivity contribution in [1.29, 1.82) is 0 Å². The van der Waals surface area contributed by atoms with Crippen LogP contribution >= 0.6 is 24.0 Å². The predicted octanol–water partition coefficient (Wildman–Crippen LogP) is 3.90. The Kier molecular flexibility index (Phi) is 10.3. The van der Waals surface area contributed by atoms with Crippen LogP contribution in [0.5, 0.6) is 0 Å². The maximum absolute atomic E-state index is 6.19. The minimum Gasteiger partial charge on any atom is -0.370 e. The summed E-state index contributed by atoms with van der Waals surface area (Å²) < 4.78 is 6.19. The van der Waals surface area contributed by atoms with Crippen molar-refractivity contribution < 1.29 is 4.74 Å². The second-order valence-corrected chi connectivity index (χ2v) is 9.91. The number of nitrogens with one attached hydrogen (secondary N) is 1. The molecule has 6 nitrogen and oxygen atoms in total. The fourth-order valence-corrected chi connectivity index (χ4v) is 5.60. The number of rotatable bonds is 5. The smallest absolute Gasteiger partial charge is 0.194 e. The van der Waals surface area contributed by atoms with Crippen molar-refractivity contribution in [3.8, 4) is 0 Å². The third-order valence-electron chi connectivity index (χ3n) is 7.70. The van der Waals surface area contributed by atoms with Crippen LogP contribution in [0.25, 0.3) is 0 Å². The zero-order chi connectivity index (χ0) is 22.4. The maximum atomic E-state index is 6.19. The number of likely N-dealkylation sites (tertiary alicyclic amines) is 2. The molecule has 7 heteroatoms. The van der Waals surface area contributed by atoms with E-state index in [1.807, 2.05) is 0 Å². The molecule has 1 N–H and O–H groups in total. The fourth-order valence-electron chi connectivity index (χ4n) is 5.60. The number of hydrogen-bond donors (Lipinski definition) is 1. The van der Waals surface area contributed by atoms with E-state index in [-0.39, 0.29) is 35.6 Å². The summed E-state index contributed by atoms with van der Waals surface area (Å²) in [6, 6.07) is 8.61. The maximum Gasteiger partial charge on any atom is 0.194 e. The van der Waals surface area contributed by atoms with Gasteiger partial charge in [-0.05, 0) is 83.9 Å². The largest absolute Gasteiger partial charge is 0.370 e. The van der Waals surface area contributed by atoms with Gasteiger partial charge >= 0.3 is 0 Å². The number of halogens is 1. The molecule has 4 rings (SSSR count). The molecule has 33 heavy (non-hydrogen) atoms. The molecule has 1 atom stereocenters. The minimum atomic E-state index is 0. The molecule has 1 unspecified atom stereocenters. The molecule has 0 radical (unpaired) electrons. The fraction of sp³-hybridized carbons (Fsp3) is 0.731. The third kappa shape index (κ3) is 6.61. The molecule has 0 spiro atoms. The number of hydrogen-bond acceptors (Lipinski definition) is 4. The first-order valence-corrected chi connectivity index (χ1v) is 12.8. The Morgan fingerprint density at radius 2 is 1.82 bits per heavy atom. The van der Waals surface area contributed by atoms with Crippen molar-refractivity contribution in [2.45, 2.75) is 57.6 Å². The van der Waals surface area contributed by atoms with Crippen molar-refractivity contribution in [3.63, 3.8) is 0 Å². The van der Waals surface area contributed by atoms with E-state index in [9.17, 15) is 0 Å². The molecule has 0 bridgehead atoms. The average molecular weight is 570 g/mol. The molecular formula is C26H44IN5O. The number of piperidine rings is 2. The molecular weight excluding hydrogens is 525 g/mol. The number of guanidine groups is 1. The average Bonchev–Trinajstić information content (AvgIpc) is 2.84. The van der Waals surface area contributed by atoms with Crippen LogP contribution in [0.2, 0.25) is 0 Å². The van der Waals surface area contributed by atoms with Crippen molar-refractivity contribution >= 4 is 29.9 Å². The predicted molar refractivity (Wildman–Crippen MR) is 148 cm³/mol. The molecule has 3 aliphatic heterocycles. The van der Waals surface area contributed by atoms with Gasteiger partial charge in [-0.15, -0.1) is 24.0 Å². The van der Waals surface area contributed by atoms with Crippen molar-refractivity contribution in [2.24, 2.45) is 4.99 Å². The summed E-state index contributed by atoms with van der Waals surface area (Å²) in [6.07, 6.45) is 6.61. The lowest BCUT2D eigenvalue weighted by atomic mass is 9.84. The van der Waals surface area contributed by atoms with Gasteiger partial charge in [0.25, 0.3) is 0 Å². The van der Waals surface area contributed by atoms with Gasteiger partial charge in [0, 0.05) is 18.6 Å². The van der Waals surface area contributed by atoms with Crippen molar-refractivity contribution in [1.82, 2.24) is 20.0 Å². The van der Waals surface area contributed by atoms with E-state index in [1.54, 1.807) is 0 Å². The van der Waals surface area contributed by atoms with Gasteiger partial charge in [0.2, 0.25) is 0 Å². The van der Waals surface area contributed by atoms with Gasteiger partial charge in [-0.25, -0.2) is 0 Å². The lowest BCUT2D eigenvalue weighted by molar-refractivity contribution is -0.00886. The lowest BCUT2D eigenvalue weighted by Gasteiger charge is -2.49. The summed E-state index contributed by atoms with van der Waals surface area (Å²) in [6.45, 7) is 13.5. The van der Waals surface area contributed by atoms with Gasteiger partial charge in [0.05, 0.1) is 19.7 Å². The highest BCUT2D eigenvalue weighted by Crippen LogP contribution is 2.32. The number of aryl methyl sites for hydroxylation is 1. The molecule has 3 heterocycles. The Morgan fingerprint density at radius 3 is 2.52 bits per heavy atom. The lowest BCUT2D eigenvalue weighted by Crippen LogP contribution is -2.58. The molecule has 0 saturated carbocycles. The summed E-state index contributed by atoms with van der Waals surface area (Å²) in [7, 11) is 2.26. The number of benzene rings is 1. The van der Waals surface area contributed by atoms with Crippen LogP contribution in [0.3, 0.4) is 0 Å². The number of ether oxygens (including phenoxy) is 1. The Labute approximate surface area is 218 Å². The summed E-state index contributed by atoms with van der Waals surface area (Å²) in [5.74, 6) is 1.06. The summed E-state index contributed by atoms with van der Waals surface area (Å²) in [5, 5.41) is 3.60. The van der Waals surface area contributed by atoms with Crippen LogP contribution in [-0.2, 0) is 4.74 Å². The summed E-state index contributed by atoms with van der Waals surface area (Å²) in [5.41, 5.74) is 2.82. The van der Waals surface area contributed by atoms with Gasteiger partial charge in [0.15, 0.2) is 5.96 Å². The second kappa shape index (κ2) is 12.7. The molecule has 3 saturated heterocycles. The number of aliphatic imine (C=N–C) groups is 1. The zero-order valence-corrected chi connectivity index (χ0v) is 23.2. The van der Waals surface area contributed by atoms with E-state index in [2.05, 4.69) is 65.2 Å². The van der Waals surface area contributed by atoms with E-state index in [0.29, 0.717) is 0 Å². The number of morpholine rings is 1. The molecule has 0 amide bonds. The first-order valence-electron chi connectivity index (χ1n) is 12.8. The zero-order valence-electron chi connectivity index (χ0n) is 20.9. The van der Waals surface area contributed by atoms with Crippen molar-refractivity contribution in [3.05, 3.63) is 35.4 Å². The van der Waals surface area contributed by atoms with E-state index in [0.717, 1.165) is 38.7 Å². The molecule has 0 aliphatic carbocycles. The Hall–Kier alpha value is -0.900. The van der Waals surface area contributed by atoms with Crippen LogP contribution < -0.4 is 5.32 Å². The van der Waals surface area contributed by atoms with Crippen LogP contribution in [0.1, 0.15) is 56.3 Å². The topological polar surface area (TPSA) is 43.3 Å². The van der Waals surface area contributed by atoms with Crippen LogP contribution in [0.4, 0.5) is 0 Å². The monoisotopic (exact) mass is 569 g/mol. The van der Waals surface area contributed by atoms with E-state index in [4.69, 9.17) is 9.73 Å². The van der Waals surface area contributed by atoms with Gasteiger partial charge in [0.1, 0.15) is 6.10 Å². The van der Waals surface area contributed by atoms with E-state index in [1.165, 1.54) is 69.4 Å². The quantitative estimate of drug-likeness (QED) is 0.331. The molecule has 186 valence electrons. The van der Waals surface area contributed by atoms with Crippen LogP contribution in [0, 0.1) is 6.92 Å². The molecule has 3 fully saturated rings. The van der Waals surface area contributed by atoms with Gasteiger partial charge in [-0.1, -0.05) is 30.7 Å². The van der Waals surface area contributed by atoms with Gasteiger partial charge < -0.3 is 19.9 Å². The first-order chi connectivity index (χ1) is 15.6. The highest BCUT2D eigenvalue weighted by molar-refractivity contribution is 14.0. The van der Waals surface area contributed by atoms with E-state index >= 15 is 0 Å². The second-order valence-electron chi connectivity index (χ2n) is 9.91. The molecule has 0 aromatic heterocycles.